The van der Waals surface area contributed by atoms with Crippen molar-refractivity contribution in [3.05, 3.63) is 20.8 Å². The van der Waals surface area contributed by atoms with Crippen molar-refractivity contribution in [3.63, 3.8) is 0 Å². The number of H-pyrrole nitrogens is 1. The zero-order valence-electron chi connectivity index (χ0n) is 17.5. The topological polar surface area (TPSA) is 137 Å². The molecule has 1 aliphatic rings. The van der Waals surface area contributed by atoms with Gasteiger partial charge in [0.15, 0.2) is 11.2 Å². The molecule has 0 bridgehead atoms. The second kappa shape index (κ2) is 8.76. The van der Waals surface area contributed by atoms with Gasteiger partial charge in [0, 0.05) is 20.4 Å². The Kier molecular flexibility index (Phi) is 6.44. The predicted octanol–water partition coefficient (Wildman–Crippen LogP) is 1.43. The zero-order valence-corrected chi connectivity index (χ0v) is 17.5. The number of carbonyl (C=O) groups is 2. The molecule has 176 valence electrons. The second-order valence-corrected chi connectivity index (χ2v) is 7.35. The number of anilines is 1. The molecule has 0 aliphatic carbocycles. The number of fused-ring (bicyclic) bond motifs is 1. The summed E-state index contributed by atoms with van der Waals surface area (Å²) in [5.74, 6) is -1.87. The molecule has 0 radical (unpaired) electrons. The van der Waals surface area contributed by atoms with E-state index in [9.17, 15) is 32.3 Å². The van der Waals surface area contributed by atoms with E-state index < -0.39 is 47.7 Å². The van der Waals surface area contributed by atoms with Crippen LogP contribution in [0.25, 0.3) is 11.2 Å². The molecule has 1 fully saturated rings. The van der Waals surface area contributed by atoms with Gasteiger partial charge in [0.2, 0.25) is 18.0 Å². The zero-order chi connectivity index (χ0) is 23.8. The lowest BCUT2D eigenvalue weighted by Crippen LogP contribution is -2.43. The summed E-state index contributed by atoms with van der Waals surface area (Å²) in [4.78, 5) is 54.7. The van der Waals surface area contributed by atoms with Gasteiger partial charge < -0.3 is 9.47 Å². The molecule has 0 unspecified atom stereocenters. The van der Waals surface area contributed by atoms with Crippen LogP contribution in [0.15, 0.2) is 9.59 Å². The summed E-state index contributed by atoms with van der Waals surface area (Å²) in [6.45, 7) is 3.98. The molecular formula is C18H22F3N5O6. The minimum Gasteiger partial charge on any atom is -0.450 e. The van der Waals surface area contributed by atoms with Gasteiger partial charge in [-0.2, -0.15) is 18.2 Å². The van der Waals surface area contributed by atoms with E-state index in [4.69, 9.17) is 4.74 Å². The summed E-state index contributed by atoms with van der Waals surface area (Å²) >= 11 is 0. The fourth-order valence-electron chi connectivity index (χ4n) is 3.69. The van der Waals surface area contributed by atoms with Crippen molar-refractivity contribution in [1.29, 1.82) is 0 Å². The Labute approximate surface area is 178 Å². The van der Waals surface area contributed by atoms with Gasteiger partial charge in [-0.3, -0.25) is 29.3 Å². The molecular weight excluding hydrogens is 439 g/mol. The van der Waals surface area contributed by atoms with Crippen LogP contribution < -0.4 is 16.6 Å². The molecule has 1 aliphatic heterocycles. The van der Waals surface area contributed by atoms with E-state index >= 15 is 0 Å². The molecule has 0 saturated carbocycles. The Morgan fingerprint density at radius 2 is 2.00 bits per heavy atom. The van der Waals surface area contributed by atoms with Crippen molar-refractivity contribution in [3.8, 4) is 0 Å². The van der Waals surface area contributed by atoms with Crippen LogP contribution in [0.1, 0.15) is 46.3 Å². The number of esters is 1. The number of amides is 1. The van der Waals surface area contributed by atoms with Crippen LogP contribution in [0.4, 0.5) is 19.1 Å². The lowest BCUT2D eigenvalue weighted by molar-refractivity contribution is -0.247. The van der Waals surface area contributed by atoms with Gasteiger partial charge in [0.1, 0.15) is 12.3 Å². The normalized spacial score (nSPS) is 19.8. The number of ether oxygens (including phenoxy) is 2. The maximum Gasteiger partial charge on any atom is 0.428 e. The molecule has 1 saturated heterocycles. The Balaban J connectivity index is 2.08. The number of hydrogen-bond donors (Lipinski definition) is 2. The van der Waals surface area contributed by atoms with Crippen LogP contribution in [0.3, 0.4) is 0 Å². The third kappa shape index (κ3) is 4.54. The highest BCUT2D eigenvalue weighted by Gasteiger charge is 2.51. The Bertz CT molecular complexity index is 1150. The summed E-state index contributed by atoms with van der Waals surface area (Å²) in [6, 6.07) is 0. The molecule has 2 aromatic rings. The van der Waals surface area contributed by atoms with E-state index in [1.807, 2.05) is 0 Å². The molecule has 1 amide bonds. The molecule has 32 heavy (non-hydrogen) atoms. The van der Waals surface area contributed by atoms with Crippen LogP contribution in [0.2, 0.25) is 0 Å². The third-order valence-electron chi connectivity index (χ3n) is 4.82. The first kappa shape index (κ1) is 23.5. The van der Waals surface area contributed by atoms with Gasteiger partial charge in [-0.05, 0) is 19.3 Å². The number of nitrogens with zero attached hydrogens (tertiary/aromatic N) is 3. The first-order chi connectivity index (χ1) is 14.9. The monoisotopic (exact) mass is 461 g/mol. The van der Waals surface area contributed by atoms with Crippen molar-refractivity contribution in [2.45, 2.75) is 71.2 Å². The fraction of sp³-hybridized carbons (Fsp3) is 0.611. The van der Waals surface area contributed by atoms with Crippen molar-refractivity contribution < 1.29 is 32.2 Å². The van der Waals surface area contributed by atoms with Gasteiger partial charge >= 0.3 is 17.8 Å². The first-order valence-corrected chi connectivity index (χ1v) is 9.86. The van der Waals surface area contributed by atoms with Crippen LogP contribution in [0, 0.1) is 0 Å². The highest BCUT2D eigenvalue weighted by atomic mass is 19.4. The molecule has 3 atom stereocenters. The van der Waals surface area contributed by atoms with Crippen LogP contribution in [-0.2, 0) is 25.6 Å². The molecule has 2 aromatic heterocycles. The standard InChI is InChI=1S/C18H22F3N5O6/c1-4-7-25-12-14(23-16(22-8(2)27)24-15(12)29)26(17(25)30)11-6-5-10(32-11)13(18(19,20)21)31-9(3)28/h10-11,13H,4-7H2,1-3H3,(H2,22,23,24,27,29)/t10-,11+,13-/m0/s1. The highest BCUT2D eigenvalue weighted by molar-refractivity contribution is 5.87. The van der Waals surface area contributed by atoms with Crippen LogP contribution in [0.5, 0.6) is 0 Å². The maximum absolute atomic E-state index is 13.4. The van der Waals surface area contributed by atoms with Gasteiger partial charge in [-0.15, -0.1) is 0 Å². The summed E-state index contributed by atoms with van der Waals surface area (Å²) in [6.07, 6.45) is -9.80. The predicted molar refractivity (Wildman–Crippen MR) is 104 cm³/mol. The average Bonchev–Trinajstić information content (AvgIpc) is 3.22. The Morgan fingerprint density at radius 1 is 1.31 bits per heavy atom. The summed E-state index contributed by atoms with van der Waals surface area (Å²) in [5.41, 5.74) is -1.63. The highest BCUT2D eigenvalue weighted by Crippen LogP contribution is 2.37. The number of aromatic nitrogens is 4. The molecule has 3 rings (SSSR count). The van der Waals surface area contributed by atoms with E-state index in [1.54, 1.807) is 6.92 Å². The quantitative estimate of drug-likeness (QED) is 0.621. The molecule has 0 aromatic carbocycles. The van der Waals surface area contributed by atoms with Crippen molar-refractivity contribution in [2.75, 3.05) is 5.32 Å². The number of imidazole rings is 1. The van der Waals surface area contributed by atoms with Gasteiger partial charge in [0.05, 0.1) is 0 Å². The lowest BCUT2D eigenvalue weighted by Gasteiger charge is -2.25. The van der Waals surface area contributed by atoms with Crippen LogP contribution >= 0.6 is 0 Å². The minimum atomic E-state index is -4.87. The number of carbonyl (C=O) groups excluding carboxylic acids is 2. The number of halogens is 3. The number of rotatable bonds is 6. The number of alkyl halides is 3. The van der Waals surface area contributed by atoms with Gasteiger partial charge in [0.25, 0.3) is 5.56 Å². The maximum atomic E-state index is 13.4. The lowest BCUT2D eigenvalue weighted by atomic mass is 10.1. The van der Waals surface area contributed by atoms with Gasteiger partial charge in [-0.1, -0.05) is 6.92 Å². The molecule has 3 heterocycles. The molecule has 0 spiro atoms. The number of aryl methyl sites for hydroxylation is 1. The SMILES string of the molecule is CCCn1c(=O)n([C@H]2CC[C@@H]([C@H](OC(C)=O)C(F)(F)F)O2)c2nc(NC(C)=O)[nH]c(=O)c21. The third-order valence-corrected chi connectivity index (χ3v) is 4.82. The fourth-order valence-corrected chi connectivity index (χ4v) is 3.69. The van der Waals surface area contributed by atoms with Crippen molar-refractivity contribution in [1.82, 2.24) is 19.1 Å². The smallest absolute Gasteiger partial charge is 0.428 e. The average molecular weight is 461 g/mol. The van der Waals surface area contributed by atoms with Crippen molar-refractivity contribution >= 4 is 29.0 Å². The number of aromatic amines is 1. The molecule has 2 N–H and O–H groups in total. The Morgan fingerprint density at radius 3 is 2.56 bits per heavy atom. The number of hydrogen-bond acceptors (Lipinski definition) is 7. The van der Waals surface area contributed by atoms with E-state index in [0.717, 1.165) is 16.1 Å². The summed E-state index contributed by atoms with van der Waals surface area (Å²) in [7, 11) is 0. The Hall–Kier alpha value is -3.16. The minimum absolute atomic E-state index is 0.0202. The second-order valence-electron chi connectivity index (χ2n) is 7.35. The number of nitrogens with one attached hydrogen (secondary N) is 2. The van der Waals surface area contributed by atoms with E-state index in [1.165, 1.54) is 6.92 Å². The molecule has 11 nitrogen and oxygen atoms in total. The first-order valence-electron chi connectivity index (χ1n) is 9.86. The van der Waals surface area contributed by atoms with E-state index in [0.29, 0.717) is 6.42 Å². The van der Waals surface area contributed by atoms with Crippen LogP contribution in [-0.4, -0.2) is 49.4 Å². The van der Waals surface area contributed by atoms with E-state index in [2.05, 4.69) is 20.0 Å². The van der Waals surface area contributed by atoms with Gasteiger partial charge in [-0.25, -0.2) is 9.36 Å². The van der Waals surface area contributed by atoms with E-state index in [-0.39, 0.29) is 36.5 Å². The van der Waals surface area contributed by atoms with Crippen molar-refractivity contribution in [2.24, 2.45) is 0 Å². The summed E-state index contributed by atoms with van der Waals surface area (Å²) in [5, 5.41) is 2.31. The molecule has 14 heteroatoms. The summed E-state index contributed by atoms with van der Waals surface area (Å²) < 4.78 is 52.3. The largest absolute Gasteiger partial charge is 0.450 e.